The van der Waals surface area contributed by atoms with Crippen LogP contribution in [-0.4, -0.2) is 25.1 Å². The van der Waals surface area contributed by atoms with Crippen molar-refractivity contribution in [3.8, 4) is 23.3 Å². The van der Waals surface area contributed by atoms with Gasteiger partial charge in [-0.25, -0.2) is 0 Å². The van der Waals surface area contributed by atoms with Gasteiger partial charge in [-0.2, -0.15) is 5.26 Å². The molecule has 0 aliphatic heterocycles. The molecule has 0 saturated carbocycles. The van der Waals surface area contributed by atoms with E-state index in [-0.39, 0.29) is 22.7 Å². The number of rotatable bonds is 9. The van der Waals surface area contributed by atoms with Crippen LogP contribution in [0.2, 0.25) is 5.02 Å². The van der Waals surface area contributed by atoms with Crippen LogP contribution in [0.25, 0.3) is 6.08 Å². The molecular formula is C25H20ClN3O6. The molecule has 9 nitrogen and oxygen atoms in total. The van der Waals surface area contributed by atoms with Crippen LogP contribution in [0.1, 0.15) is 11.1 Å². The van der Waals surface area contributed by atoms with E-state index >= 15 is 0 Å². The number of ether oxygens (including phenoxy) is 3. The summed E-state index contributed by atoms with van der Waals surface area (Å²) < 4.78 is 16.3. The Bertz CT molecular complexity index is 1320. The number of benzene rings is 3. The third-order valence-corrected chi connectivity index (χ3v) is 5.07. The van der Waals surface area contributed by atoms with Crippen LogP contribution >= 0.6 is 11.6 Å². The number of non-ortho nitro benzene ring substituents is 1. The van der Waals surface area contributed by atoms with Crippen molar-refractivity contribution in [1.29, 1.82) is 5.26 Å². The fraction of sp³-hybridized carbons (Fsp3) is 0.120. The number of carbonyl (C=O) groups is 1. The van der Waals surface area contributed by atoms with Gasteiger partial charge in [-0.1, -0.05) is 29.8 Å². The number of nitriles is 1. The highest BCUT2D eigenvalue weighted by Gasteiger charge is 2.16. The Hall–Kier alpha value is -4.55. The molecule has 0 atom stereocenters. The molecule has 0 radical (unpaired) electrons. The van der Waals surface area contributed by atoms with E-state index in [1.165, 1.54) is 38.5 Å². The molecule has 0 aliphatic rings. The van der Waals surface area contributed by atoms with Gasteiger partial charge in [-0.3, -0.25) is 14.9 Å². The summed E-state index contributed by atoms with van der Waals surface area (Å²) in [7, 11) is 2.80. The van der Waals surface area contributed by atoms with Crippen molar-refractivity contribution in [2.75, 3.05) is 19.5 Å². The molecule has 0 bridgehead atoms. The van der Waals surface area contributed by atoms with Crippen LogP contribution in [0.3, 0.4) is 0 Å². The maximum absolute atomic E-state index is 12.7. The second-order valence-corrected chi connectivity index (χ2v) is 7.53. The number of halogens is 1. The number of anilines is 1. The van der Waals surface area contributed by atoms with Crippen molar-refractivity contribution >= 4 is 35.0 Å². The van der Waals surface area contributed by atoms with Gasteiger partial charge in [-0.05, 0) is 47.5 Å². The van der Waals surface area contributed by atoms with Crippen molar-refractivity contribution < 1.29 is 23.9 Å². The van der Waals surface area contributed by atoms with Crippen molar-refractivity contribution in [2.24, 2.45) is 0 Å². The molecule has 10 heteroatoms. The molecule has 0 spiro atoms. The number of nitro benzene ring substituents is 1. The second kappa shape index (κ2) is 11.5. The third-order valence-electron chi connectivity index (χ3n) is 4.82. The minimum Gasteiger partial charge on any atom is -0.494 e. The van der Waals surface area contributed by atoms with Gasteiger partial charge in [0.1, 0.15) is 24.0 Å². The van der Waals surface area contributed by atoms with Crippen LogP contribution in [0.4, 0.5) is 11.4 Å². The zero-order valence-corrected chi connectivity index (χ0v) is 19.5. The lowest BCUT2D eigenvalue weighted by molar-refractivity contribution is -0.384. The van der Waals surface area contributed by atoms with E-state index in [4.69, 9.17) is 25.8 Å². The molecule has 0 unspecified atom stereocenters. The van der Waals surface area contributed by atoms with Crippen molar-refractivity contribution in [3.63, 3.8) is 0 Å². The predicted octanol–water partition coefficient (Wildman–Crippen LogP) is 5.39. The topological polar surface area (TPSA) is 124 Å². The van der Waals surface area contributed by atoms with E-state index in [1.807, 2.05) is 18.2 Å². The number of carbonyl (C=O) groups excluding carboxylic acids is 1. The fourth-order valence-corrected chi connectivity index (χ4v) is 3.16. The molecule has 0 fully saturated rings. The highest BCUT2D eigenvalue weighted by atomic mass is 35.5. The van der Waals surface area contributed by atoms with E-state index in [2.05, 4.69) is 5.32 Å². The van der Waals surface area contributed by atoms with E-state index in [0.29, 0.717) is 28.7 Å². The highest BCUT2D eigenvalue weighted by Crippen LogP contribution is 2.31. The number of nitro groups is 1. The average molecular weight is 494 g/mol. The van der Waals surface area contributed by atoms with Gasteiger partial charge in [0.05, 0.1) is 30.9 Å². The monoisotopic (exact) mass is 493 g/mol. The molecule has 3 aromatic carbocycles. The molecule has 35 heavy (non-hydrogen) atoms. The molecule has 0 aromatic heterocycles. The summed E-state index contributed by atoms with van der Waals surface area (Å²) in [6.45, 7) is 0.297. The summed E-state index contributed by atoms with van der Waals surface area (Å²) in [6.07, 6.45) is 1.39. The van der Waals surface area contributed by atoms with Crippen LogP contribution in [0.5, 0.6) is 17.2 Å². The smallest absolute Gasteiger partial charge is 0.273 e. The van der Waals surface area contributed by atoms with Crippen LogP contribution in [0, 0.1) is 21.4 Å². The lowest BCUT2D eigenvalue weighted by Gasteiger charge is -2.12. The summed E-state index contributed by atoms with van der Waals surface area (Å²) in [6, 6.07) is 17.8. The Morgan fingerprint density at radius 2 is 1.77 bits per heavy atom. The second-order valence-electron chi connectivity index (χ2n) is 7.09. The molecule has 0 aliphatic carbocycles. The normalized spacial score (nSPS) is 10.7. The van der Waals surface area contributed by atoms with Crippen LogP contribution < -0.4 is 19.5 Å². The lowest BCUT2D eigenvalue weighted by atomic mass is 10.1. The van der Waals surface area contributed by atoms with Crippen molar-refractivity contribution in [2.45, 2.75) is 6.61 Å². The zero-order valence-electron chi connectivity index (χ0n) is 18.8. The summed E-state index contributed by atoms with van der Waals surface area (Å²) in [4.78, 5) is 23.1. The molecule has 0 heterocycles. The molecule has 1 amide bonds. The summed E-state index contributed by atoms with van der Waals surface area (Å²) in [5, 5.41) is 23.6. The maximum atomic E-state index is 12.7. The Kier molecular flexibility index (Phi) is 8.27. The Morgan fingerprint density at radius 1 is 1.06 bits per heavy atom. The number of amides is 1. The van der Waals surface area contributed by atoms with Gasteiger partial charge in [0.15, 0.2) is 11.5 Å². The maximum Gasteiger partial charge on any atom is 0.273 e. The molecule has 3 aromatic rings. The first kappa shape index (κ1) is 25.1. The number of methoxy groups -OCH3 is 2. The van der Waals surface area contributed by atoms with Gasteiger partial charge in [-0.15, -0.1) is 0 Å². The summed E-state index contributed by atoms with van der Waals surface area (Å²) >= 11 is 5.90. The van der Waals surface area contributed by atoms with Crippen molar-refractivity contribution in [1.82, 2.24) is 0 Å². The van der Waals surface area contributed by atoms with E-state index in [9.17, 15) is 20.2 Å². The van der Waals surface area contributed by atoms with Gasteiger partial charge in [0, 0.05) is 11.1 Å². The molecular weight excluding hydrogens is 474 g/mol. The Labute approximate surface area is 206 Å². The quantitative estimate of drug-likeness (QED) is 0.183. The van der Waals surface area contributed by atoms with Gasteiger partial charge in [0.2, 0.25) is 0 Å². The van der Waals surface area contributed by atoms with Crippen LogP contribution in [-0.2, 0) is 11.4 Å². The van der Waals surface area contributed by atoms with Gasteiger partial charge >= 0.3 is 0 Å². The number of hydrogen-bond acceptors (Lipinski definition) is 7. The Balaban J connectivity index is 1.77. The minimum absolute atomic E-state index is 0.0914. The lowest BCUT2D eigenvalue weighted by Crippen LogP contribution is -2.14. The van der Waals surface area contributed by atoms with E-state index in [0.717, 1.165) is 5.56 Å². The van der Waals surface area contributed by atoms with Crippen molar-refractivity contribution in [3.05, 3.63) is 92.5 Å². The number of nitrogens with zero attached hydrogens (tertiary/aromatic N) is 2. The first-order valence-corrected chi connectivity index (χ1v) is 10.5. The molecule has 0 saturated heterocycles. The number of nitrogens with one attached hydrogen (secondary N) is 1. The van der Waals surface area contributed by atoms with Gasteiger partial charge in [0.25, 0.3) is 11.6 Å². The molecule has 1 N–H and O–H groups in total. The SMILES string of the molecule is COc1cc([N+](=O)[O-])ccc1NC(=O)/C(C#N)=C/c1ccc(OCc2ccc(Cl)cc2)c(OC)c1. The summed E-state index contributed by atoms with van der Waals surface area (Å²) in [5.41, 5.74) is 1.25. The molecule has 178 valence electrons. The fourth-order valence-electron chi connectivity index (χ4n) is 3.04. The summed E-state index contributed by atoms with van der Waals surface area (Å²) in [5.74, 6) is 0.288. The van der Waals surface area contributed by atoms with E-state index in [1.54, 1.807) is 30.3 Å². The average Bonchev–Trinajstić information content (AvgIpc) is 2.87. The minimum atomic E-state index is -0.707. The third kappa shape index (κ3) is 6.50. The first-order chi connectivity index (χ1) is 16.8. The number of hydrogen-bond donors (Lipinski definition) is 1. The zero-order chi connectivity index (χ0) is 25.4. The Morgan fingerprint density at radius 3 is 2.40 bits per heavy atom. The standard InChI is InChI=1S/C25H20ClN3O6/c1-33-23-13-20(29(31)32)8-9-21(23)28-25(30)18(14-27)11-17-5-10-22(24(12-17)34-2)35-15-16-3-6-19(26)7-4-16/h3-13H,15H2,1-2H3,(H,28,30)/b18-11+. The van der Waals surface area contributed by atoms with Gasteiger partial charge < -0.3 is 19.5 Å². The molecule has 3 rings (SSSR count). The first-order valence-electron chi connectivity index (χ1n) is 10.2. The van der Waals surface area contributed by atoms with E-state index < -0.39 is 10.8 Å². The predicted molar refractivity (Wildman–Crippen MR) is 131 cm³/mol. The largest absolute Gasteiger partial charge is 0.494 e. The van der Waals surface area contributed by atoms with Crippen LogP contribution in [0.15, 0.2) is 66.2 Å². The highest BCUT2D eigenvalue weighted by molar-refractivity contribution is 6.30.